The molecule has 0 saturated carbocycles. The van der Waals surface area contributed by atoms with Gasteiger partial charge in [-0.3, -0.25) is 9.69 Å². The van der Waals surface area contributed by atoms with Crippen molar-refractivity contribution in [2.24, 2.45) is 5.73 Å². The highest BCUT2D eigenvalue weighted by molar-refractivity contribution is 5.79. The summed E-state index contributed by atoms with van der Waals surface area (Å²) in [6, 6.07) is -0.193. The summed E-state index contributed by atoms with van der Waals surface area (Å²) >= 11 is 0. The number of rotatable bonds is 5. The van der Waals surface area contributed by atoms with Crippen molar-refractivity contribution in [2.45, 2.75) is 44.7 Å². The van der Waals surface area contributed by atoms with E-state index in [0.717, 1.165) is 19.5 Å². The molecule has 1 atom stereocenters. The molecule has 1 rings (SSSR count). The number of hydrogen-bond donors (Lipinski definition) is 2. The monoisotopic (exact) mass is 213 g/mol. The van der Waals surface area contributed by atoms with Crippen LogP contribution in [-0.4, -0.2) is 42.5 Å². The van der Waals surface area contributed by atoms with Crippen molar-refractivity contribution in [2.75, 3.05) is 20.1 Å². The first-order chi connectivity index (χ1) is 6.97. The quantitative estimate of drug-likeness (QED) is 0.691. The molecule has 4 heteroatoms. The van der Waals surface area contributed by atoms with Crippen molar-refractivity contribution >= 4 is 5.91 Å². The molecule has 0 aromatic rings. The maximum Gasteiger partial charge on any atom is 0.234 e. The van der Waals surface area contributed by atoms with Gasteiger partial charge in [-0.2, -0.15) is 0 Å². The molecule has 1 aliphatic heterocycles. The van der Waals surface area contributed by atoms with Gasteiger partial charge in [-0.25, -0.2) is 0 Å². The Morgan fingerprint density at radius 2 is 2.27 bits per heavy atom. The largest absolute Gasteiger partial charge is 0.368 e. The van der Waals surface area contributed by atoms with Crippen LogP contribution in [0.25, 0.3) is 0 Å². The van der Waals surface area contributed by atoms with E-state index in [1.54, 1.807) is 7.05 Å². The SMILES string of the molecule is CNC(CCN1CCCC1(C)C)C(N)=O. The van der Waals surface area contributed by atoms with E-state index in [4.69, 9.17) is 5.73 Å². The molecule has 1 saturated heterocycles. The van der Waals surface area contributed by atoms with Crippen LogP contribution < -0.4 is 11.1 Å². The van der Waals surface area contributed by atoms with Gasteiger partial charge in [0.25, 0.3) is 0 Å². The number of carbonyl (C=O) groups is 1. The van der Waals surface area contributed by atoms with E-state index in [0.29, 0.717) is 0 Å². The number of nitrogens with two attached hydrogens (primary N) is 1. The van der Waals surface area contributed by atoms with E-state index >= 15 is 0 Å². The number of hydrogen-bond acceptors (Lipinski definition) is 3. The molecule has 1 unspecified atom stereocenters. The fraction of sp³-hybridized carbons (Fsp3) is 0.909. The van der Waals surface area contributed by atoms with Crippen LogP contribution in [0.15, 0.2) is 0 Å². The second-order valence-corrected chi connectivity index (χ2v) is 4.94. The highest BCUT2D eigenvalue weighted by Gasteiger charge is 2.31. The summed E-state index contributed by atoms with van der Waals surface area (Å²) in [5.41, 5.74) is 5.57. The predicted octanol–water partition coefficient (Wildman–Crippen LogP) is 0.324. The summed E-state index contributed by atoms with van der Waals surface area (Å²) in [6.07, 6.45) is 3.30. The van der Waals surface area contributed by atoms with E-state index in [2.05, 4.69) is 24.1 Å². The van der Waals surface area contributed by atoms with Crippen LogP contribution in [0.3, 0.4) is 0 Å². The summed E-state index contributed by atoms with van der Waals surface area (Å²) in [6.45, 7) is 6.61. The minimum absolute atomic E-state index is 0.193. The number of primary amides is 1. The maximum atomic E-state index is 11.0. The van der Waals surface area contributed by atoms with E-state index in [1.807, 2.05) is 0 Å². The lowest BCUT2D eigenvalue weighted by atomic mass is 10.0. The van der Waals surface area contributed by atoms with Gasteiger partial charge in [-0.1, -0.05) is 0 Å². The topological polar surface area (TPSA) is 58.4 Å². The molecule has 4 nitrogen and oxygen atoms in total. The Labute approximate surface area is 92.2 Å². The normalized spacial score (nSPS) is 22.9. The highest BCUT2D eigenvalue weighted by atomic mass is 16.1. The molecule has 0 aliphatic carbocycles. The van der Waals surface area contributed by atoms with E-state index in [1.165, 1.54) is 12.8 Å². The van der Waals surface area contributed by atoms with E-state index in [-0.39, 0.29) is 17.5 Å². The fourth-order valence-corrected chi connectivity index (χ4v) is 2.29. The van der Waals surface area contributed by atoms with Crippen molar-refractivity contribution < 1.29 is 4.79 Å². The van der Waals surface area contributed by atoms with Crippen LogP contribution in [0.2, 0.25) is 0 Å². The summed E-state index contributed by atoms with van der Waals surface area (Å²) < 4.78 is 0. The number of nitrogens with one attached hydrogen (secondary N) is 1. The zero-order chi connectivity index (χ0) is 11.5. The van der Waals surface area contributed by atoms with E-state index in [9.17, 15) is 4.79 Å². The number of amides is 1. The molecule has 1 fully saturated rings. The van der Waals surface area contributed by atoms with Gasteiger partial charge in [-0.15, -0.1) is 0 Å². The maximum absolute atomic E-state index is 11.0. The molecular formula is C11H23N3O. The molecular weight excluding hydrogens is 190 g/mol. The standard InChI is InChI=1S/C11H23N3O/c1-11(2)6-4-7-14(11)8-5-9(13-3)10(12)15/h9,13H,4-8H2,1-3H3,(H2,12,15). The van der Waals surface area contributed by atoms with Crippen LogP contribution in [0.1, 0.15) is 33.1 Å². The predicted molar refractivity (Wildman–Crippen MR) is 61.5 cm³/mol. The Kier molecular flexibility index (Phi) is 4.11. The van der Waals surface area contributed by atoms with Gasteiger partial charge in [0.15, 0.2) is 0 Å². The minimum Gasteiger partial charge on any atom is -0.368 e. The average molecular weight is 213 g/mol. The van der Waals surface area contributed by atoms with E-state index < -0.39 is 0 Å². The number of nitrogens with zero attached hydrogens (tertiary/aromatic N) is 1. The molecule has 3 N–H and O–H groups in total. The van der Waals surface area contributed by atoms with Crippen molar-refractivity contribution in [3.63, 3.8) is 0 Å². The lowest BCUT2D eigenvalue weighted by molar-refractivity contribution is -0.120. The molecule has 0 radical (unpaired) electrons. The average Bonchev–Trinajstić information content (AvgIpc) is 2.46. The molecule has 1 aliphatic rings. The first kappa shape index (κ1) is 12.5. The van der Waals surface area contributed by atoms with Crippen LogP contribution in [0.4, 0.5) is 0 Å². The molecule has 0 aromatic carbocycles. The van der Waals surface area contributed by atoms with Crippen LogP contribution in [0, 0.1) is 0 Å². The number of likely N-dealkylation sites (N-methyl/N-ethyl adjacent to an activating group) is 1. The number of likely N-dealkylation sites (tertiary alicyclic amines) is 1. The van der Waals surface area contributed by atoms with Crippen molar-refractivity contribution in [1.82, 2.24) is 10.2 Å². The number of carbonyl (C=O) groups excluding carboxylic acids is 1. The zero-order valence-corrected chi connectivity index (χ0v) is 10.0. The molecule has 15 heavy (non-hydrogen) atoms. The molecule has 0 spiro atoms. The third-order valence-corrected chi connectivity index (χ3v) is 3.45. The van der Waals surface area contributed by atoms with Crippen LogP contribution in [-0.2, 0) is 4.79 Å². The Bertz CT molecular complexity index is 228. The second-order valence-electron chi connectivity index (χ2n) is 4.94. The molecule has 1 heterocycles. The molecule has 88 valence electrons. The summed E-state index contributed by atoms with van der Waals surface area (Å²) in [5.74, 6) is -0.255. The Hall–Kier alpha value is -0.610. The summed E-state index contributed by atoms with van der Waals surface area (Å²) in [4.78, 5) is 13.5. The summed E-state index contributed by atoms with van der Waals surface area (Å²) in [5, 5.41) is 2.95. The lowest BCUT2D eigenvalue weighted by Crippen LogP contribution is -2.45. The fourth-order valence-electron chi connectivity index (χ4n) is 2.29. The van der Waals surface area contributed by atoms with Gasteiger partial charge >= 0.3 is 0 Å². The Balaban J connectivity index is 2.39. The third kappa shape index (κ3) is 3.18. The van der Waals surface area contributed by atoms with Crippen molar-refractivity contribution in [3.8, 4) is 0 Å². The molecule has 1 amide bonds. The lowest BCUT2D eigenvalue weighted by Gasteiger charge is -2.32. The van der Waals surface area contributed by atoms with Gasteiger partial charge < -0.3 is 11.1 Å². The zero-order valence-electron chi connectivity index (χ0n) is 10.0. The van der Waals surface area contributed by atoms with Crippen LogP contribution in [0.5, 0.6) is 0 Å². The van der Waals surface area contributed by atoms with Gasteiger partial charge in [-0.05, 0) is 46.7 Å². The van der Waals surface area contributed by atoms with Crippen LogP contribution >= 0.6 is 0 Å². The van der Waals surface area contributed by atoms with Gasteiger partial charge in [0.2, 0.25) is 5.91 Å². The van der Waals surface area contributed by atoms with Gasteiger partial charge in [0.05, 0.1) is 6.04 Å². The van der Waals surface area contributed by atoms with Crippen molar-refractivity contribution in [1.29, 1.82) is 0 Å². The molecule has 0 aromatic heterocycles. The third-order valence-electron chi connectivity index (χ3n) is 3.45. The Morgan fingerprint density at radius 1 is 1.60 bits per heavy atom. The highest BCUT2D eigenvalue weighted by Crippen LogP contribution is 2.28. The Morgan fingerprint density at radius 3 is 2.67 bits per heavy atom. The minimum atomic E-state index is -0.255. The van der Waals surface area contributed by atoms with Gasteiger partial charge in [0.1, 0.15) is 0 Å². The smallest absolute Gasteiger partial charge is 0.234 e. The summed E-state index contributed by atoms with van der Waals surface area (Å²) in [7, 11) is 1.78. The van der Waals surface area contributed by atoms with Gasteiger partial charge in [0, 0.05) is 12.1 Å². The first-order valence-corrected chi connectivity index (χ1v) is 5.69. The second kappa shape index (κ2) is 4.94. The molecule has 0 bridgehead atoms. The first-order valence-electron chi connectivity index (χ1n) is 5.69. The van der Waals surface area contributed by atoms with Crippen molar-refractivity contribution in [3.05, 3.63) is 0 Å².